The molecule has 0 aromatic rings. The minimum absolute atomic E-state index is 0. The van der Waals surface area contributed by atoms with Crippen LogP contribution in [-0.2, 0) is 19.5 Å². The molecule has 4 nitrogen and oxygen atoms in total. The van der Waals surface area contributed by atoms with Gasteiger partial charge in [-0.05, 0) is 0 Å². The van der Waals surface area contributed by atoms with Crippen LogP contribution in [-0.4, -0.2) is 28.2 Å². The molecule has 0 aliphatic heterocycles. The van der Waals surface area contributed by atoms with Gasteiger partial charge in [0, 0.05) is 19.5 Å². The molecule has 0 unspecified atom stereocenters. The van der Waals surface area contributed by atoms with E-state index >= 15 is 0 Å². The normalized spacial score (nSPS) is 10.0. The third kappa shape index (κ3) is 137. The Kier molecular flexibility index (Phi) is 4.57. The van der Waals surface area contributed by atoms with Crippen molar-refractivity contribution in [3.8, 4) is 0 Å². The summed E-state index contributed by atoms with van der Waals surface area (Å²) in [6, 6.07) is 0. The molecule has 6 heteroatoms. The molecule has 0 heterocycles. The van der Waals surface area contributed by atoms with E-state index in [1.54, 1.807) is 0 Å². The molecule has 0 saturated heterocycles. The fraction of sp³-hybridized carbons (Fsp3) is 0. The van der Waals surface area contributed by atoms with Gasteiger partial charge in [-0.25, -0.2) is 0 Å². The van der Waals surface area contributed by atoms with Gasteiger partial charge in [0.05, 0.1) is 0 Å². The van der Waals surface area contributed by atoms with E-state index in [1.165, 1.54) is 0 Å². The summed E-state index contributed by atoms with van der Waals surface area (Å²) in [4.78, 5) is 29.3. The predicted octanol–water partition coefficient (Wildman–Crippen LogP) is -2.61. The summed E-state index contributed by atoms with van der Waals surface area (Å²) >= 11 is 0. The van der Waals surface area contributed by atoms with Crippen molar-refractivity contribution in [2.45, 2.75) is 0 Å². The van der Waals surface area contributed by atoms with E-state index in [4.69, 9.17) is 19.2 Å². The summed E-state index contributed by atoms with van der Waals surface area (Å²) in [6.07, 6.45) is 0. The topological polar surface area (TPSA) is 80.9 Å². The van der Waals surface area contributed by atoms with Gasteiger partial charge in [0.15, 0.2) is 0 Å². The Morgan fingerprint density at radius 1 is 0.833 bits per heavy atom. The van der Waals surface area contributed by atoms with Crippen LogP contribution in [0.25, 0.3) is 0 Å². The number of rotatable bonds is 0. The Bertz CT molecular complexity index is 23.0. The van der Waals surface area contributed by atoms with Gasteiger partial charge < -0.3 is 19.2 Å². The minimum Gasteiger partial charge on any atom is -0.368 e. The fourth-order valence-electron chi connectivity index (χ4n) is 0. The molecule has 0 amide bonds. The summed E-state index contributed by atoms with van der Waals surface area (Å²) in [5, 5.41) is 0. The molecule has 4 N–H and O–H groups in total. The molecule has 0 bridgehead atoms. The SMILES string of the molecule is O[Si](O)(O)O.[Zn]. The molecule has 0 rings (SSSR count). The van der Waals surface area contributed by atoms with Gasteiger partial charge in [-0.2, -0.15) is 0 Å². The molecule has 0 aromatic carbocycles. The first-order valence-electron chi connectivity index (χ1n) is 0.894. The van der Waals surface area contributed by atoms with Crippen molar-refractivity contribution in [2.24, 2.45) is 0 Å². The maximum absolute atomic E-state index is 7.33. The summed E-state index contributed by atoms with van der Waals surface area (Å²) in [5.74, 6) is 0. The van der Waals surface area contributed by atoms with Crippen molar-refractivity contribution in [2.75, 3.05) is 0 Å². The van der Waals surface area contributed by atoms with Crippen LogP contribution in [0.1, 0.15) is 0 Å². The molecular formula is H4O4SiZn. The quantitative estimate of drug-likeness (QED) is 0.294. The van der Waals surface area contributed by atoms with E-state index in [2.05, 4.69) is 0 Å². The first-order chi connectivity index (χ1) is 2.00. The van der Waals surface area contributed by atoms with Gasteiger partial charge in [0.1, 0.15) is 0 Å². The maximum atomic E-state index is 7.33. The standard InChI is InChI=1S/H4O4Si.Zn/c1-5(2,3)4;/h1-4H;. The molecule has 6 heavy (non-hydrogen) atoms. The average Bonchev–Trinajstić information content (AvgIpc) is 0.722. The molecule has 34 valence electrons. The molecule has 0 saturated carbocycles. The Morgan fingerprint density at radius 2 is 0.833 bits per heavy atom. The van der Waals surface area contributed by atoms with Crippen LogP contribution in [0.4, 0.5) is 0 Å². The zero-order valence-electron chi connectivity index (χ0n) is 3.00. The summed E-state index contributed by atoms with van der Waals surface area (Å²) in [5.41, 5.74) is 0. The Hall–Kier alpha value is 0.680. The first kappa shape index (κ1) is 9.84. The Morgan fingerprint density at radius 3 is 0.833 bits per heavy atom. The molecule has 0 aromatic heterocycles. The molecule has 0 aliphatic carbocycles. The predicted molar refractivity (Wildman–Crippen MR) is 14.6 cm³/mol. The van der Waals surface area contributed by atoms with Crippen LogP contribution < -0.4 is 0 Å². The van der Waals surface area contributed by atoms with Crippen molar-refractivity contribution in [3.63, 3.8) is 0 Å². The van der Waals surface area contributed by atoms with Gasteiger partial charge in [0.2, 0.25) is 0 Å². The van der Waals surface area contributed by atoms with E-state index in [1.807, 2.05) is 0 Å². The second kappa shape index (κ2) is 2.79. The first-order valence-corrected chi connectivity index (χ1v) is 2.68. The van der Waals surface area contributed by atoms with E-state index in [0.717, 1.165) is 0 Å². The van der Waals surface area contributed by atoms with Crippen molar-refractivity contribution in [1.82, 2.24) is 0 Å². The Labute approximate surface area is 48.3 Å². The summed E-state index contributed by atoms with van der Waals surface area (Å²) < 4.78 is 0. The van der Waals surface area contributed by atoms with Gasteiger partial charge in [-0.1, -0.05) is 0 Å². The third-order valence-electron chi connectivity index (χ3n) is 0. The molecule has 0 radical (unpaired) electrons. The van der Waals surface area contributed by atoms with Crippen molar-refractivity contribution in [3.05, 3.63) is 0 Å². The molecule has 0 spiro atoms. The van der Waals surface area contributed by atoms with Crippen LogP contribution in [0.2, 0.25) is 0 Å². The summed E-state index contributed by atoms with van der Waals surface area (Å²) in [7, 11) is -4.61. The van der Waals surface area contributed by atoms with Crippen molar-refractivity contribution < 1.29 is 38.7 Å². The second-order valence-electron chi connectivity index (χ2n) is 0.600. The van der Waals surface area contributed by atoms with Crippen molar-refractivity contribution in [1.29, 1.82) is 0 Å². The molecular weight excluding hydrogens is 157 g/mol. The zero-order valence-corrected chi connectivity index (χ0v) is 6.96. The van der Waals surface area contributed by atoms with E-state index in [0.29, 0.717) is 0 Å². The smallest absolute Gasteiger partial charge is 0.368 e. The average molecular weight is 162 g/mol. The number of hydrogen-bond donors (Lipinski definition) is 4. The third-order valence-corrected chi connectivity index (χ3v) is 0. The Balaban J connectivity index is 0. The van der Waals surface area contributed by atoms with Crippen LogP contribution in [0, 0.1) is 0 Å². The molecule has 0 atom stereocenters. The number of hydrogen-bond acceptors (Lipinski definition) is 4. The van der Waals surface area contributed by atoms with Crippen LogP contribution >= 0.6 is 0 Å². The molecule has 0 aliphatic rings. The fourth-order valence-corrected chi connectivity index (χ4v) is 0. The maximum Gasteiger partial charge on any atom is 0.668 e. The van der Waals surface area contributed by atoms with Crippen LogP contribution in [0.5, 0.6) is 0 Å². The van der Waals surface area contributed by atoms with E-state index in [9.17, 15) is 0 Å². The largest absolute Gasteiger partial charge is 0.668 e. The van der Waals surface area contributed by atoms with Crippen LogP contribution in [0.3, 0.4) is 0 Å². The minimum atomic E-state index is -4.61. The summed E-state index contributed by atoms with van der Waals surface area (Å²) in [6.45, 7) is 0. The molecule has 0 fully saturated rings. The van der Waals surface area contributed by atoms with Gasteiger partial charge in [-0.15, -0.1) is 0 Å². The second-order valence-corrected chi connectivity index (χ2v) is 1.80. The zero-order chi connectivity index (χ0) is 4.50. The van der Waals surface area contributed by atoms with E-state index < -0.39 is 9.05 Å². The van der Waals surface area contributed by atoms with E-state index in [-0.39, 0.29) is 19.5 Å². The van der Waals surface area contributed by atoms with Crippen LogP contribution in [0.15, 0.2) is 0 Å². The van der Waals surface area contributed by atoms with Gasteiger partial charge >= 0.3 is 9.05 Å². The van der Waals surface area contributed by atoms with Crippen molar-refractivity contribution >= 4 is 9.05 Å². The van der Waals surface area contributed by atoms with Gasteiger partial charge in [0.25, 0.3) is 0 Å². The van der Waals surface area contributed by atoms with Gasteiger partial charge in [-0.3, -0.25) is 0 Å². The monoisotopic (exact) mass is 160 g/mol.